The summed E-state index contributed by atoms with van der Waals surface area (Å²) in [5.41, 5.74) is 2.15. The van der Waals surface area contributed by atoms with E-state index in [1.165, 1.54) is 0 Å². The minimum atomic E-state index is 0.396. The highest BCUT2D eigenvalue weighted by Crippen LogP contribution is 2.26. The normalized spacial score (nSPS) is 17.2. The first-order chi connectivity index (χ1) is 8.63. The second-order valence-electron chi connectivity index (χ2n) is 4.71. The van der Waals surface area contributed by atoms with Crippen LogP contribution in [0, 0.1) is 13.8 Å². The molecule has 1 aliphatic rings. The Morgan fingerprint density at radius 3 is 2.50 bits per heavy atom. The van der Waals surface area contributed by atoms with E-state index in [0.717, 1.165) is 49.5 Å². The van der Waals surface area contributed by atoms with Crippen LogP contribution in [0.25, 0.3) is 0 Å². The van der Waals surface area contributed by atoms with Gasteiger partial charge in [0.15, 0.2) is 11.0 Å². The minimum Gasteiger partial charge on any atom is -0.378 e. The molecule has 0 saturated carbocycles. The highest BCUT2D eigenvalue weighted by molar-refractivity contribution is 6.30. The molecule has 0 bridgehead atoms. The van der Waals surface area contributed by atoms with Crippen LogP contribution in [0.5, 0.6) is 0 Å². The quantitative estimate of drug-likeness (QED) is 0.846. The van der Waals surface area contributed by atoms with Crippen molar-refractivity contribution in [2.75, 3.05) is 24.6 Å². The van der Waals surface area contributed by atoms with Crippen molar-refractivity contribution in [1.82, 2.24) is 10.2 Å². The van der Waals surface area contributed by atoms with Gasteiger partial charge >= 0.3 is 0 Å². The zero-order chi connectivity index (χ0) is 13.1. The molecular weight excluding hydrogens is 250 g/mol. The Bertz CT molecular complexity index is 417. The second kappa shape index (κ2) is 5.85. The molecular formula is C13H20ClN3O. The number of hydrogen-bond donors (Lipinski definition) is 0. The van der Waals surface area contributed by atoms with Crippen molar-refractivity contribution in [3.05, 3.63) is 16.3 Å². The standard InChI is InChI=1S/C13H20ClN3O/c1-4-18-11-5-7-17(8-6-11)13-10(3)9(2)12(14)15-16-13/h11H,4-8H2,1-3H3. The van der Waals surface area contributed by atoms with Crippen LogP contribution in [0.4, 0.5) is 5.82 Å². The lowest BCUT2D eigenvalue weighted by atomic mass is 10.1. The lowest BCUT2D eigenvalue weighted by Crippen LogP contribution is -2.38. The van der Waals surface area contributed by atoms with E-state index in [4.69, 9.17) is 16.3 Å². The van der Waals surface area contributed by atoms with Gasteiger partial charge in [-0.1, -0.05) is 11.6 Å². The maximum atomic E-state index is 5.98. The summed E-state index contributed by atoms with van der Waals surface area (Å²) in [5, 5.41) is 8.75. The first-order valence-electron chi connectivity index (χ1n) is 6.49. The maximum Gasteiger partial charge on any atom is 0.155 e. The number of piperidine rings is 1. The molecule has 100 valence electrons. The molecule has 1 aromatic rings. The van der Waals surface area contributed by atoms with E-state index < -0.39 is 0 Å². The number of halogens is 1. The van der Waals surface area contributed by atoms with E-state index in [0.29, 0.717) is 11.3 Å². The number of aromatic nitrogens is 2. The van der Waals surface area contributed by atoms with Crippen LogP contribution < -0.4 is 4.90 Å². The Morgan fingerprint density at radius 1 is 1.22 bits per heavy atom. The van der Waals surface area contributed by atoms with Gasteiger partial charge < -0.3 is 9.64 Å². The summed E-state index contributed by atoms with van der Waals surface area (Å²) in [5.74, 6) is 0.965. The summed E-state index contributed by atoms with van der Waals surface area (Å²) in [6, 6.07) is 0. The molecule has 0 spiro atoms. The zero-order valence-electron chi connectivity index (χ0n) is 11.2. The number of anilines is 1. The molecule has 2 heterocycles. The van der Waals surface area contributed by atoms with Gasteiger partial charge in [0.25, 0.3) is 0 Å². The molecule has 1 saturated heterocycles. The van der Waals surface area contributed by atoms with E-state index >= 15 is 0 Å². The minimum absolute atomic E-state index is 0.396. The third-order valence-corrected chi connectivity index (χ3v) is 3.94. The van der Waals surface area contributed by atoms with Gasteiger partial charge in [0.05, 0.1) is 6.10 Å². The highest BCUT2D eigenvalue weighted by atomic mass is 35.5. The molecule has 0 aliphatic carbocycles. The summed E-state index contributed by atoms with van der Waals surface area (Å²) in [4.78, 5) is 2.28. The molecule has 1 fully saturated rings. The maximum absolute atomic E-state index is 5.98. The van der Waals surface area contributed by atoms with Crippen LogP contribution in [0.2, 0.25) is 5.15 Å². The number of rotatable bonds is 3. The van der Waals surface area contributed by atoms with Crippen LogP contribution in [-0.2, 0) is 4.74 Å². The number of nitrogens with zero attached hydrogens (tertiary/aromatic N) is 3. The van der Waals surface area contributed by atoms with Crippen molar-refractivity contribution in [3.8, 4) is 0 Å². The molecule has 5 heteroatoms. The van der Waals surface area contributed by atoms with Crippen LogP contribution in [0.3, 0.4) is 0 Å². The fourth-order valence-corrected chi connectivity index (χ4v) is 2.51. The Hall–Kier alpha value is -0.870. The third-order valence-electron chi connectivity index (χ3n) is 3.58. The van der Waals surface area contributed by atoms with Gasteiger partial charge in [0.2, 0.25) is 0 Å². The molecule has 0 N–H and O–H groups in total. The van der Waals surface area contributed by atoms with E-state index in [1.807, 2.05) is 13.8 Å². The monoisotopic (exact) mass is 269 g/mol. The Kier molecular flexibility index (Phi) is 4.40. The number of ether oxygens (including phenoxy) is 1. The summed E-state index contributed by atoms with van der Waals surface area (Å²) in [7, 11) is 0. The van der Waals surface area contributed by atoms with Gasteiger partial charge in [-0.05, 0) is 44.7 Å². The lowest BCUT2D eigenvalue weighted by molar-refractivity contribution is 0.0458. The lowest BCUT2D eigenvalue weighted by Gasteiger charge is -2.33. The first-order valence-corrected chi connectivity index (χ1v) is 6.87. The third kappa shape index (κ3) is 2.75. The molecule has 0 unspecified atom stereocenters. The Morgan fingerprint density at radius 2 is 1.89 bits per heavy atom. The van der Waals surface area contributed by atoms with Gasteiger partial charge in [-0.2, -0.15) is 0 Å². The molecule has 2 rings (SSSR count). The summed E-state index contributed by atoms with van der Waals surface area (Å²) >= 11 is 5.98. The van der Waals surface area contributed by atoms with Gasteiger partial charge in [-0.25, -0.2) is 0 Å². The molecule has 0 amide bonds. The number of hydrogen-bond acceptors (Lipinski definition) is 4. The molecule has 0 atom stereocenters. The van der Waals surface area contributed by atoms with Crippen molar-refractivity contribution in [3.63, 3.8) is 0 Å². The smallest absolute Gasteiger partial charge is 0.155 e. The largest absolute Gasteiger partial charge is 0.378 e. The predicted molar refractivity (Wildman–Crippen MR) is 73.4 cm³/mol. The molecule has 0 aromatic carbocycles. The first kappa shape index (κ1) is 13.6. The SMILES string of the molecule is CCOC1CCN(c2nnc(Cl)c(C)c2C)CC1. The molecule has 4 nitrogen and oxygen atoms in total. The van der Waals surface area contributed by atoms with Crippen molar-refractivity contribution in [1.29, 1.82) is 0 Å². The van der Waals surface area contributed by atoms with Crippen molar-refractivity contribution in [2.45, 2.75) is 39.7 Å². The fourth-order valence-electron chi connectivity index (χ4n) is 2.33. The molecule has 1 aliphatic heterocycles. The van der Waals surface area contributed by atoms with Gasteiger partial charge in [-0.15, -0.1) is 10.2 Å². The molecule has 1 aromatic heterocycles. The van der Waals surface area contributed by atoms with Crippen LogP contribution in [0.15, 0.2) is 0 Å². The summed E-state index contributed by atoms with van der Waals surface area (Å²) in [6.07, 6.45) is 2.50. The average Bonchev–Trinajstić information content (AvgIpc) is 2.38. The predicted octanol–water partition coefficient (Wildman–Crippen LogP) is 2.75. The summed E-state index contributed by atoms with van der Waals surface area (Å²) < 4.78 is 5.66. The van der Waals surface area contributed by atoms with Crippen molar-refractivity contribution < 1.29 is 4.74 Å². The van der Waals surface area contributed by atoms with E-state index in [2.05, 4.69) is 22.0 Å². The van der Waals surface area contributed by atoms with Gasteiger partial charge in [-0.3, -0.25) is 0 Å². The van der Waals surface area contributed by atoms with Crippen molar-refractivity contribution in [2.24, 2.45) is 0 Å². The Labute approximate surface area is 113 Å². The van der Waals surface area contributed by atoms with E-state index in [1.54, 1.807) is 0 Å². The van der Waals surface area contributed by atoms with Crippen LogP contribution in [-0.4, -0.2) is 36.0 Å². The average molecular weight is 270 g/mol. The molecule has 18 heavy (non-hydrogen) atoms. The Balaban J connectivity index is 2.08. The fraction of sp³-hybridized carbons (Fsp3) is 0.692. The van der Waals surface area contributed by atoms with Crippen LogP contribution in [0.1, 0.15) is 30.9 Å². The van der Waals surface area contributed by atoms with Crippen molar-refractivity contribution >= 4 is 17.4 Å². The topological polar surface area (TPSA) is 38.2 Å². The van der Waals surface area contributed by atoms with Gasteiger partial charge in [0.1, 0.15) is 0 Å². The van der Waals surface area contributed by atoms with Crippen LogP contribution >= 0.6 is 11.6 Å². The van der Waals surface area contributed by atoms with E-state index in [9.17, 15) is 0 Å². The zero-order valence-corrected chi connectivity index (χ0v) is 12.0. The molecule has 0 radical (unpaired) electrons. The second-order valence-corrected chi connectivity index (χ2v) is 5.06. The summed E-state index contributed by atoms with van der Waals surface area (Å²) in [6.45, 7) is 8.83. The van der Waals surface area contributed by atoms with E-state index in [-0.39, 0.29) is 0 Å². The van der Waals surface area contributed by atoms with Gasteiger partial charge in [0, 0.05) is 19.7 Å². The highest BCUT2D eigenvalue weighted by Gasteiger charge is 2.22.